The minimum Gasteiger partial charge on any atom is -0.494 e. The lowest BCUT2D eigenvalue weighted by Crippen LogP contribution is -2.15. The molecule has 0 spiro atoms. The lowest BCUT2D eigenvalue weighted by Gasteiger charge is -2.07. The first kappa shape index (κ1) is 27.2. The Bertz CT molecular complexity index is 597. The van der Waals surface area contributed by atoms with E-state index in [9.17, 15) is 9.59 Å². The van der Waals surface area contributed by atoms with Gasteiger partial charge in [0.2, 0.25) is 0 Å². The van der Waals surface area contributed by atoms with Gasteiger partial charge in [0.15, 0.2) is 0 Å². The molecule has 0 saturated carbocycles. The monoisotopic (exact) mass is 432 g/mol. The molecule has 0 radical (unpaired) electrons. The smallest absolute Gasteiger partial charge is 0.379 e. The maximum absolute atomic E-state index is 11.8. The Labute approximate surface area is 190 Å². The molecule has 0 aromatic heterocycles. The molecular weight excluding hydrogens is 388 g/mol. The fourth-order valence-electron chi connectivity index (χ4n) is 3.78. The molecule has 0 unspecified atom stereocenters. The number of carbonyl (C=O) groups is 2. The third-order valence-corrected chi connectivity index (χ3v) is 5.73. The van der Waals surface area contributed by atoms with Gasteiger partial charge in [-0.3, -0.25) is 4.79 Å². The first-order valence-corrected chi connectivity index (χ1v) is 12.5. The number of benzene rings is 1. The third kappa shape index (κ3) is 14.0. The molecule has 0 aliphatic carbocycles. The van der Waals surface area contributed by atoms with E-state index >= 15 is 0 Å². The number of unbranched alkanes of at least 4 members (excludes halogenated alkanes) is 15. The van der Waals surface area contributed by atoms with Gasteiger partial charge in [-0.25, -0.2) is 4.79 Å². The Kier molecular flexibility index (Phi) is 16.6. The van der Waals surface area contributed by atoms with E-state index in [0.717, 1.165) is 6.42 Å². The molecule has 0 bridgehead atoms. The number of ether oxygens (including phenoxy) is 2. The van der Waals surface area contributed by atoms with Gasteiger partial charge in [-0.1, -0.05) is 115 Å². The van der Waals surface area contributed by atoms with Gasteiger partial charge < -0.3 is 9.47 Å². The Morgan fingerprint density at radius 1 is 0.710 bits per heavy atom. The highest BCUT2D eigenvalue weighted by Gasteiger charge is 2.16. The van der Waals surface area contributed by atoms with Crippen molar-refractivity contribution in [2.45, 2.75) is 110 Å². The van der Waals surface area contributed by atoms with Crippen LogP contribution < -0.4 is 4.74 Å². The van der Waals surface area contributed by atoms with Crippen LogP contribution in [-0.4, -0.2) is 25.5 Å². The first-order chi connectivity index (χ1) is 15.2. The van der Waals surface area contributed by atoms with Crippen LogP contribution in [0.25, 0.3) is 0 Å². The summed E-state index contributed by atoms with van der Waals surface area (Å²) in [6.45, 7) is 2.91. The summed E-state index contributed by atoms with van der Waals surface area (Å²) in [7, 11) is 1.21. The van der Waals surface area contributed by atoms with E-state index < -0.39 is 11.8 Å². The van der Waals surface area contributed by atoms with Crippen LogP contribution in [0.15, 0.2) is 24.3 Å². The van der Waals surface area contributed by atoms with Crippen molar-refractivity contribution in [2.24, 2.45) is 0 Å². The summed E-state index contributed by atoms with van der Waals surface area (Å²) >= 11 is 0. The minimum atomic E-state index is -0.852. The van der Waals surface area contributed by atoms with Crippen LogP contribution in [0, 0.1) is 0 Å². The Balaban J connectivity index is 1.92. The highest BCUT2D eigenvalue weighted by molar-refractivity contribution is 6.40. The van der Waals surface area contributed by atoms with Crippen molar-refractivity contribution in [1.82, 2.24) is 0 Å². The van der Waals surface area contributed by atoms with Gasteiger partial charge in [0, 0.05) is 5.56 Å². The van der Waals surface area contributed by atoms with Crippen molar-refractivity contribution >= 4 is 11.8 Å². The molecule has 0 fully saturated rings. The molecule has 0 amide bonds. The Hall–Kier alpha value is -1.84. The number of hydrogen-bond acceptors (Lipinski definition) is 4. The second kappa shape index (κ2) is 18.9. The second-order valence-corrected chi connectivity index (χ2v) is 8.50. The van der Waals surface area contributed by atoms with E-state index in [1.165, 1.54) is 103 Å². The fourth-order valence-corrected chi connectivity index (χ4v) is 3.78. The lowest BCUT2D eigenvalue weighted by atomic mass is 10.0. The van der Waals surface area contributed by atoms with Crippen LogP contribution in [0.1, 0.15) is 120 Å². The molecule has 4 heteroatoms. The topological polar surface area (TPSA) is 52.6 Å². The molecule has 0 N–H and O–H groups in total. The maximum Gasteiger partial charge on any atom is 0.379 e. The summed E-state index contributed by atoms with van der Waals surface area (Å²) in [5.41, 5.74) is 0.302. The Morgan fingerprint density at radius 2 is 1.19 bits per heavy atom. The van der Waals surface area contributed by atoms with E-state index in [-0.39, 0.29) is 0 Å². The third-order valence-electron chi connectivity index (χ3n) is 5.73. The van der Waals surface area contributed by atoms with Gasteiger partial charge in [0.1, 0.15) is 5.75 Å². The molecule has 176 valence electrons. The number of methoxy groups -OCH3 is 1. The van der Waals surface area contributed by atoms with Crippen molar-refractivity contribution in [1.29, 1.82) is 0 Å². The van der Waals surface area contributed by atoms with E-state index in [1.54, 1.807) is 24.3 Å². The van der Waals surface area contributed by atoms with Crippen molar-refractivity contribution in [3.8, 4) is 5.75 Å². The standard InChI is InChI=1S/C27H44O4/c1-3-4-5-6-7-8-9-10-11-12-13-14-15-16-17-18-22-31-25-21-19-20-24(23-25)26(28)27(29)30-2/h19-21,23H,3-18,22H2,1-2H3. The average Bonchev–Trinajstić information content (AvgIpc) is 2.80. The van der Waals surface area contributed by atoms with Gasteiger partial charge in [0.05, 0.1) is 13.7 Å². The van der Waals surface area contributed by atoms with Crippen LogP contribution in [0.2, 0.25) is 0 Å². The summed E-state index contributed by atoms with van der Waals surface area (Å²) < 4.78 is 10.2. The van der Waals surface area contributed by atoms with Crippen LogP contribution in [0.4, 0.5) is 0 Å². The summed E-state index contributed by atoms with van der Waals surface area (Å²) in [5, 5.41) is 0. The van der Waals surface area contributed by atoms with Crippen molar-refractivity contribution in [3.05, 3.63) is 29.8 Å². The number of carbonyl (C=O) groups excluding carboxylic acids is 2. The van der Waals surface area contributed by atoms with Crippen LogP contribution in [0.3, 0.4) is 0 Å². The highest BCUT2D eigenvalue weighted by Crippen LogP contribution is 2.16. The minimum absolute atomic E-state index is 0.302. The number of hydrogen-bond donors (Lipinski definition) is 0. The Morgan fingerprint density at radius 3 is 1.68 bits per heavy atom. The summed E-state index contributed by atoms with van der Waals surface area (Å²) in [6.07, 6.45) is 21.5. The molecule has 31 heavy (non-hydrogen) atoms. The first-order valence-electron chi connectivity index (χ1n) is 12.5. The second-order valence-electron chi connectivity index (χ2n) is 8.50. The molecule has 4 nitrogen and oxygen atoms in total. The van der Waals surface area contributed by atoms with Gasteiger partial charge in [-0.05, 0) is 18.6 Å². The zero-order valence-electron chi connectivity index (χ0n) is 20.0. The van der Waals surface area contributed by atoms with Crippen molar-refractivity contribution < 1.29 is 19.1 Å². The molecule has 1 aromatic rings. The number of esters is 1. The number of Topliss-reactive ketones (excluding diaryl/α,β-unsaturated/α-hetero) is 1. The van der Waals surface area contributed by atoms with Gasteiger partial charge in [0.25, 0.3) is 5.78 Å². The SMILES string of the molecule is CCCCCCCCCCCCCCCCCCOc1cccc(C(=O)C(=O)OC)c1. The van der Waals surface area contributed by atoms with Gasteiger partial charge >= 0.3 is 5.97 Å². The average molecular weight is 433 g/mol. The zero-order chi connectivity index (χ0) is 22.6. The fraction of sp³-hybridized carbons (Fsp3) is 0.704. The molecular formula is C27H44O4. The van der Waals surface area contributed by atoms with E-state index in [1.807, 2.05) is 0 Å². The van der Waals surface area contributed by atoms with Crippen molar-refractivity contribution in [2.75, 3.05) is 13.7 Å². The van der Waals surface area contributed by atoms with Crippen LogP contribution in [-0.2, 0) is 9.53 Å². The molecule has 0 aliphatic rings. The number of ketones is 1. The van der Waals surface area contributed by atoms with E-state index in [2.05, 4.69) is 11.7 Å². The predicted molar refractivity (Wildman–Crippen MR) is 128 cm³/mol. The molecule has 0 atom stereocenters. The molecule has 1 rings (SSSR count). The van der Waals surface area contributed by atoms with Crippen LogP contribution in [0.5, 0.6) is 5.75 Å². The quantitative estimate of drug-likeness (QED) is 0.0917. The van der Waals surface area contributed by atoms with E-state index in [0.29, 0.717) is 17.9 Å². The lowest BCUT2D eigenvalue weighted by molar-refractivity contribution is -0.135. The molecule has 1 aromatic carbocycles. The summed E-state index contributed by atoms with van der Waals surface area (Å²) in [4.78, 5) is 23.2. The summed E-state index contributed by atoms with van der Waals surface area (Å²) in [5.74, 6) is -0.874. The maximum atomic E-state index is 11.8. The van der Waals surface area contributed by atoms with E-state index in [4.69, 9.17) is 4.74 Å². The van der Waals surface area contributed by atoms with Crippen molar-refractivity contribution in [3.63, 3.8) is 0 Å². The molecule has 0 aliphatic heterocycles. The van der Waals surface area contributed by atoms with Crippen LogP contribution >= 0.6 is 0 Å². The van der Waals surface area contributed by atoms with Gasteiger partial charge in [-0.2, -0.15) is 0 Å². The molecule has 0 saturated heterocycles. The summed E-state index contributed by atoms with van der Waals surface area (Å²) in [6, 6.07) is 6.73. The predicted octanol–water partition coefficient (Wildman–Crippen LogP) is 7.68. The largest absolute Gasteiger partial charge is 0.494 e. The normalized spacial score (nSPS) is 10.8. The zero-order valence-corrected chi connectivity index (χ0v) is 20.0. The molecule has 0 heterocycles. The van der Waals surface area contributed by atoms with Gasteiger partial charge in [-0.15, -0.1) is 0 Å². The number of rotatable bonds is 20. The highest BCUT2D eigenvalue weighted by atomic mass is 16.5.